The SMILES string of the molecule is CCN(CC(=O)Nc1cccc(Cl)c1)CC(C)C(N)=S. The maximum Gasteiger partial charge on any atom is 0.238 e. The second-order valence-electron chi connectivity index (χ2n) is 4.69. The molecule has 0 aliphatic rings. The summed E-state index contributed by atoms with van der Waals surface area (Å²) >= 11 is 10.8. The number of nitrogens with one attached hydrogen (secondary N) is 1. The topological polar surface area (TPSA) is 58.4 Å². The van der Waals surface area contributed by atoms with E-state index in [1.165, 1.54) is 0 Å². The Labute approximate surface area is 130 Å². The number of benzene rings is 1. The number of hydrogen-bond donors (Lipinski definition) is 2. The first kappa shape index (κ1) is 16.9. The van der Waals surface area contributed by atoms with Crippen LogP contribution in [0.15, 0.2) is 24.3 Å². The number of amides is 1. The van der Waals surface area contributed by atoms with E-state index in [0.29, 0.717) is 28.8 Å². The number of likely N-dealkylation sites (N-methyl/N-ethyl adjacent to an activating group) is 1. The molecule has 0 saturated heterocycles. The molecule has 1 rings (SSSR count). The first-order valence-electron chi connectivity index (χ1n) is 6.49. The predicted octanol–water partition coefficient (Wildman–Crippen LogP) is 2.52. The zero-order valence-electron chi connectivity index (χ0n) is 11.7. The first-order chi connectivity index (χ1) is 9.42. The molecule has 0 heterocycles. The average Bonchev–Trinajstić information content (AvgIpc) is 2.37. The molecule has 1 atom stereocenters. The number of halogens is 1. The Morgan fingerprint density at radius 1 is 1.55 bits per heavy atom. The largest absolute Gasteiger partial charge is 0.393 e. The average molecular weight is 314 g/mol. The predicted molar refractivity (Wildman–Crippen MR) is 88.1 cm³/mol. The Hall–Kier alpha value is -1.17. The molecule has 4 nitrogen and oxygen atoms in total. The monoisotopic (exact) mass is 313 g/mol. The fraction of sp³-hybridized carbons (Fsp3) is 0.429. The number of carbonyl (C=O) groups excluding carboxylic acids is 1. The lowest BCUT2D eigenvalue weighted by atomic mass is 10.1. The summed E-state index contributed by atoms with van der Waals surface area (Å²) in [6.07, 6.45) is 0. The van der Waals surface area contributed by atoms with E-state index in [-0.39, 0.29) is 11.8 Å². The number of rotatable bonds is 7. The van der Waals surface area contributed by atoms with Gasteiger partial charge in [0, 0.05) is 23.2 Å². The van der Waals surface area contributed by atoms with Gasteiger partial charge >= 0.3 is 0 Å². The summed E-state index contributed by atoms with van der Waals surface area (Å²) in [5.41, 5.74) is 6.29. The van der Waals surface area contributed by atoms with Crippen LogP contribution in [0.3, 0.4) is 0 Å². The van der Waals surface area contributed by atoms with Gasteiger partial charge in [-0.2, -0.15) is 0 Å². The van der Waals surface area contributed by atoms with Crippen LogP contribution in [0.5, 0.6) is 0 Å². The zero-order chi connectivity index (χ0) is 15.1. The van der Waals surface area contributed by atoms with Crippen LogP contribution >= 0.6 is 23.8 Å². The molecule has 0 aliphatic heterocycles. The van der Waals surface area contributed by atoms with Gasteiger partial charge < -0.3 is 11.1 Å². The van der Waals surface area contributed by atoms with Gasteiger partial charge in [0.1, 0.15) is 0 Å². The molecule has 1 aromatic rings. The number of thiocarbonyl (C=S) groups is 1. The van der Waals surface area contributed by atoms with Gasteiger partial charge in [0.25, 0.3) is 0 Å². The minimum atomic E-state index is -0.0794. The van der Waals surface area contributed by atoms with Crippen LogP contribution in [0.25, 0.3) is 0 Å². The van der Waals surface area contributed by atoms with E-state index in [9.17, 15) is 4.79 Å². The van der Waals surface area contributed by atoms with Crippen molar-refractivity contribution in [3.05, 3.63) is 29.3 Å². The highest BCUT2D eigenvalue weighted by Crippen LogP contribution is 2.14. The van der Waals surface area contributed by atoms with Crippen LogP contribution in [0.1, 0.15) is 13.8 Å². The number of nitrogens with zero attached hydrogens (tertiary/aromatic N) is 1. The molecule has 20 heavy (non-hydrogen) atoms. The summed E-state index contributed by atoms with van der Waals surface area (Å²) < 4.78 is 0. The first-order valence-corrected chi connectivity index (χ1v) is 7.28. The van der Waals surface area contributed by atoms with Crippen LogP contribution < -0.4 is 11.1 Å². The van der Waals surface area contributed by atoms with E-state index in [1.54, 1.807) is 24.3 Å². The lowest BCUT2D eigenvalue weighted by molar-refractivity contribution is -0.117. The third kappa shape index (κ3) is 5.86. The van der Waals surface area contributed by atoms with E-state index >= 15 is 0 Å². The molecule has 0 aromatic heterocycles. The number of anilines is 1. The molecular formula is C14H20ClN3OS. The molecule has 1 aromatic carbocycles. The summed E-state index contributed by atoms with van der Waals surface area (Å²) in [4.78, 5) is 14.5. The molecule has 1 unspecified atom stereocenters. The van der Waals surface area contributed by atoms with Gasteiger partial charge in [0.05, 0.1) is 11.5 Å². The molecule has 6 heteroatoms. The Morgan fingerprint density at radius 3 is 2.80 bits per heavy atom. The van der Waals surface area contributed by atoms with Crippen molar-refractivity contribution in [2.24, 2.45) is 11.7 Å². The molecule has 0 fully saturated rings. The second kappa shape index (κ2) is 8.19. The fourth-order valence-corrected chi connectivity index (χ4v) is 2.02. The Balaban J connectivity index is 2.53. The van der Waals surface area contributed by atoms with Crippen molar-refractivity contribution in [2.75, 3.05) is 25.0 Å². The van der Waals surface area contributed by atoms with Crippen molar-refractivity contribution in [2.45, 2.75) is 13.8 Å². The minimum Gasteiger partial charge on any atom is -0.393 e. The summed E-state index contributed by atoms with van der Waals surface area (Å²) in [6, 6.07) is 7.08. The molecular weight excluding hydrogens is 294 g/mol. The van der Waals surface area contributed by atoms with Crippen molar-refractivity contribution in [3.8, 4) is 0 Å². The van der Waals surface area contributed by atoms with Gasteiger partial charge in [-0.15, -0.1) is 0 Å². The van der Waals surface area contributed by atoms with Crippen molar-refractivity contribution in [1.82, 2.24) is 4.90 Å². The number of hydrogen-bond acceptors (Lipinski definition) is 3. The van der Waals surface area contributed by atoms with Crippen LogP contribution in [0.4, 0.5) is 5.69 Å². The van der Waals surface area contributed by atoms with E-state index in [4.69, 9.17) is 29.6 Å². The molecule has 1 amide bonds. The Kier molecular flexibility index (Phi) is 6.91. The maximum absolute atomic E-state index is 12.0. The molecule has 0 spiro atoms. The lowest BCUT2D eigenvalue weighted by Gasteiger charge is -2.23. The molecule has 110 valence electrons. The normalized spacial score (nSPS) is 12.2. The van der Waals surface area contributed by atoms with Gasteiger partial charge in [0.15, 0.2) is 0 Å². The number of carbonyl (C=O) groups is 1. The summed E-state index contributed by atoms with van der Waals surface area (Å²) in [5, 5.41) is 3.42. The smallest absolute Gasteiger partial charge is 0.238 e. The molecule has 0 bridgehead atoms. The van der Waals surface area contributed by atoms with Gasteiger partial charge in [0.2, 0.25) is 5.91 Å². The summed E-state index contributed by atoms with van der Waals surface area (Å²) in [7, 11) is 0. The highest BCUT2D eigenvalue weighted by molar-refractivity contribution is 7.80. The Bertz CT molecular complexity index is 481. The molecule has 0 radical (unpaired) electrons. The summed E-state index contributed by atoms with van der Waals surface area (Å²) in [5.74, 6) is 0.00757. The molecule has 0 saturated carbocycles. The van der Waals surface area contributed by atoms with Crippen LogP contribution in [0, 0.1) is 5.92 Å². The lowest BCUT2D eigenvalue weighted by Crippen LogP contribution is -2.38. The van der Waals surface area contributed by atoms with E-state index in [2.05, 4.69) is 5.32 Å². The second-order valence-corrected chi connectivity index (χ2v) is 5.60. The van der Waals surface area contributed by atoms with Gasteiger partial charge in [-0.1, -0.05) is 43.7 Å². The van der Waals surface area contributed by atoms with Gasteiger partial charge in [-0.05, 0) is 24.7 Å². The maximum atomic E-state index is 12.0. The van der Waals surface area contributed by atoms with E-state index < -0.39 is 0 Å². The van der Waals surface area contributed by atoms with E-state index in [1.807, 2.05) is 18.7 Å². The molecule has 3 N–H and O–H groups in total. The number of nitrogens with two attached hydrogens (primary N) is 1. The van der Waals surface area contributed by atoms with Crippen molar-refractivity contribution in [3.63, 3.8) is 0 Å². The van der Waals surface area contributed by atoms with E-state index in [0.717, 1.165) is 6.54 Å². The minimum absolute atomic E-state index is 0.0794. The Morgan fingerprint density at radius 2 is 2.25 bits per heavy atom. The van der Waals surface area contributed by atoms with Crippen LogP contribution in [-0.4, -0.2) is 35.4 Å². The van der Waals surface area contributed by atoms with Crippen molar-refractivity contribution >= 4 is 40.4 Å². The third-order valence-electron chi connectivity index (χ3n) is 2.94. The molecule has 0 aliphatic carbocycles. The van der Waals surface area contributed by atoms with Crippen molar-refractivity contribution < 1.29 is 4.79 Å². The van der Waals surface area contributed by atoms with Gasteiger partial charge in [-0.25, -0.2) is 0 Å². The van der Waals surface area contributed by atoms with Crippen LogP contribution in [0.2, 0.25) is 5.02 Å². The van der Waals surface area contributed by atoms with Crippen LogP contribution in [-0.2, 0) is 4.79 Å². The zero-order valence-corrected chi connectivity index (χ0v) is 13.3. The third-order valence-corrected chi connectivity index (χ3v) is 3.58. The van der Waals surface area contributed by atoms with Crippen molar-refractivity contribution in [1.29, 1.82) is 0 Å². The standard InChI is InChI=1S/C14H20ClN3OS/c1-3-18(8-10(2)14(16)20)9-13(19)17-12-6-4-5-11(15)7-12/h4-7,10H,3,8-9H2,1-2H3,(H2,16,20)(H,17,19). The summed E-state index contributed by atoms with van der Waals surface area (Å²) in [6.45, 7) is 5.69. The van der Waals surface area contributed by atoms with Gasteiger partial charge in [-0.3, -0.25) is 9.69 Å². The fourth-order valence-electron chi connectivity index (χ4n) is 1.75. The highest BCUT2D eigenvalue weighted by atomic mass is 35.5. The highest BCUT2D eigenvalue weighted by Gasteiger charge is 2.14. The quantitative estimate of drug-likeness (QED) is 0.759.